The number of amides is 2. The maximum absolute atomic E-state index is 14.9. The number of benzene rings is 2. The molecule has 0 saturated carbocycles. The quantitative estimate of drug-likeness (QED) is 0.344. The smallest absolute Gasteiger partial charge is 0.254 e. The fourth-order valence-electron chi connectivity index (χ4n) is 2.75. The molecule has 31 heavy (non-hydrogen) atoms. The van der Waals surface area contributed by atoms with Crippen molar-refractivity contribution in [3.63, 3.8) is 0 Å². The van der Waals surface area contributed by atoms with Crippen molar-refractivity contribution in [2.75, 3.05) is 6.61 Å². The summed E-state index contributed by atoms with van der Waals surface area (Å²) in [6, 6.07) is 8.88. The summed E-state index contributed by atoms with van der Waals surface area (Å²) < 4.78 is 34.7. The molecule has 0 radical (unpaired) electrons. The van der Waals surface area contributed by atoms with Crippen LogP contribution in [0, 0.1) is 17.0 Å². The number of nitrogen functional groups attached to an aromatic ring is 1. The summed E-state index contributed by atoms with van der Waals surface area (Å²) in [4.78, 5) is 23.8. The third-order valence-electron chi connectivity index (χ3n) is 4.30. The van der Waals surface area contributed by atoms with Gasteiger partial charge in [-0.15, -0.1) is 12.4 Å². The van der Waals surface area contributed by atoms with Gasteiger partial charge < -0.3 is 21.1 Å². The molecule has 0 aliphatic rings. The van der Waals surface area contributed by atoms with Gasteiger partial charge in [-0.3, -0.25) is 15.0 Å². The average molecular weight is 455 g/mol. The number of nitrogens with two attached hydrogens (primary N) is 1. The first-order chi connectivity index (χ1) is 14.2. The van der Waals surface area contributed by atoms with Gasteiger partial charge in [-0.25, -0.2) is 8.78 Å². The Balaban J connectivity index is 0.00000480. The van der Waals surface area contributed by atoms with E-state index in [0.29, 0.717) is 11.1 Å². The second-order valence-electron chi connectivity index (χ2n) is 6.51. The number of nitrogens with one attached hydrogen (secondary N) is 3. The Morgan fingerprint density at radius 3 is 2.29 bits per heavy atom. The highest BCUT2D eigenvalue weighted by molar-refractivity contribution is 5.94. The van der Waals surface area contributed by atoms with Crippen LogP contribution in [0.2, 0.25) is 0 Å². The molecule has 10 heteroatoms. The van der Waals surface area contributed by atoms with Gasteiger partial charge >= 0.3 is 0 Å². The van der Waals surface area contributed by atoms with Gasteiger partial charge in [0.25, 0.3) is 5.91 Å². The van der Waals surface area contributed by atoms with E-state index in [4.69, 9.17) is 15.9 Å². The maximum atomic E-state index is 14.9. The molecule has 0 aliphatic carbocycles. The first-order valence-electron chi connectivity index (χ1n) is 9.28. The Kier molecular flexibility index (Phi) is 10.0. The van der Waals surface area contributed by atoms with Crippen molar-refractivity contribution in [2.24, 2.45) is 5.73 Å². The lowest BCUT2D eigenvalue weighted by atomic mass is 10.0. The molecule has 0 spiro atoms. The summed E-state index contributed by atoms with van der Waals surface area (Å²) >= 11 is 0. The summed E-state index contributed by atoms with van der Waals surface area (Å²) in [7, 11) is 0. The molecule has 0 aliphatic heterocycles. The van der Waals surface area contributed by atoms with E-state index in [1.807, 2.05) is 0 Å². The molecular weight excluding hydrogens is 430 g/mol. The minimum absolute atomic E-state index is 0. The SMILES string of the molecule is CCO[C@H](C(=O)NCc1ccc(C(=N)N)cc1)c1c(F)ccc(CNC(C)=O)c1F.Cl. The first kappa shape index (κ1) is 26.0. The van der Waals surface area contributed by atoms with E-state index in [0.717, 1.165) is 6.07 Å². The zero-order valence-electron chi connectivity index (χ0n) is 17.1. The van der Waals surface area contributed by atoms with E-state index in [2.05, 4.69) is 10.6 Å². The van der Waals surface area contributed by atoms with Gasteiger partial charge in [0, 0.05) is 37.7 Å². The van der Waals surface area contributed by atoms with E-state index >= 15 is 0 Å². The summed E-state index contributed by atoms with van der Waals surface area (Å²) in [5.41, 5.74) is 6.19. The zero-order valence-corrected chi connectivity index (χ0v) is 17.9. The molecular formula is C21H25ClF2N4O3. The highest BCUT2D eigenvalue weighted by Crippen LogP contribution is 2.27. The maximum Gasteiger partial charge on any atom is 0.254 e. The molecule has 0 unspecified atom stereocenters. The van der Waals surface area contributed by atoms with E-state index in [1.165, 1.54) is 13.0 Å². The molecule has 0 fully saturated rings. The molecule has 2 aromatic carbocycles. The highest BCUT2D eigenvalue weighted by atomic mass is 35.5. The van der Waals surface area contributed by atoms with Gasteiger partial charge in [-0.05, 0) is 18.6 Å². The third kappa shape index (κ3) is 7.01. The Bertz CT molecular complexity index is 939. The van der Waals surface area contributed by atoms with Crippen LogP contribution in [0.4, 0.5) is 8.78 Å². The molecule has 7 nitrogen and oxygen atoms in total. The summed E-state index contributed by atoms with van der Waals surface area (Å²) in [5.74, 6) is -3.01. The molecule has 0 aromatic heterocycles. The fraction of sp³-hybridized carbons (Fsp3) is 0.286. The van der Waals surface area contributed by atoms with Crippen LogP contribution in [0.25, 0.3) is 0 Å². The van der Waals surface area contributed by atoms with Crippen LogP contribution in [-0.2, 0) is 27.4 Å². The van der Waals surface area contributed by atoms with Gasteiger partial charge in [-0.1, -0.05) is 30.3 Å². The lowest BCUT2D eigenvalue weighted by molar-refractivity contribution is -0.133. The van der Waals surface area contributed by atoms with Crippen LogP contribution in [0.1, 0.15) is 42.2 Å². The van der Waals surface area contributed by atoms with Crippen molar-refractivity contribution >= 4 is 30.1 Å². The number of amidine groups is 1. The second-order valence-corrected chi connectivity index (χ2v) is 6.51. The van der Waals surface area contributed by atoms with E-state index in [1.54, 1.807) is 31.2 Å². The molecule has 168 valence electrons. The standard InChI is InChI=1S/C21H24F2N4O3.ClH/c1-3-30-19(17-16(22)9-8-15(18(17)23)11-26-12(2)28)21(29)27-10-13-4-6-14(7-5-13)20(24)25;/h4-9,19H,3,10-11H2,1-2H3,(H3,24,25)(H,26,28)(H,27,29);1H/t19-;/m0./s1. The number of ether oxygens (including phenoxy) is 1. The molecule has 1 atom stereocenters. The van der Waals surface area contributed by atoms with Crippen LogP contribution in [-0.4, -0.2) is 24.3 Å². The zero-order chi connectivity index (χ0) is 22.3. The highest BCUT2D eigenvalue weighted by Gasteiger charge is 2.29. The normalized spacial score (nSPS) is 11.2. The van der Waals surface area contributed by atoms with Crippen LogP contribution in [0.15, 0.2) is 36.4 Å². The molecule has 0 bridgehead atoms. The predicted octanol–water partition coefficient (Wildman–Crippen LogP) is 2.70. The summed E-state index contributed by atoms with van der Waals surface area (Å²) in [6.45, 7) is 2.90. The Morgan fingerprint density at radius 1 is 1.10 bits per heavy atom. The molecule has 2 rings (SSSR count). The third-order valence-corrected chi connectivity index (χ3v) is 4.30. The summed E-state index contributed by atoms with van der Waals surface area (Å²) in [6.07, 6.45) is -1.50. The molecule has 2 amide bonds. The molecule has 0 heterocycles. The van der Waals surface area contributed by atoms with Crippen molar-refractivity contribution in [2.45, 2.75) is 33.0 Å². The van der Waals surface area contributed by atoms with Crippen LogP contribution in [0.5, 0.6) is 0 Å². The minimum Gasteiger partial charge on any atom is -0.384 e. The number of halogens is 3. The predicted molar refractivity (Wildman–Crippen MR) is 115 cm³/mol. The Labute approximate surface area is 185 Å². The average Bonchev–Trinajstić information content (AvgIpc) is 2.71. The van der Waals surface area contributed by atoms with Gasteiger partial charge in [0.05, 0.1) is 5.56 Å². The number of carbonyl (C=O) groups excluding carboxylic acids is 2. The van der Waals surface area contributed by atoms with Crippen molar-refractivity contribution in [1.29, 1.82) is 5.41 Å². The number of hydrogen-bond donors (Lipinski definition) is 4. The Morgan fingerprint density at radius 2 is 1.74 bits per heavy atom. The number of hydrogen-bond acceptors (Lipinski definition) is 4. The van der Waals surface area contributed by atoms with Crippen molar-refractivity contribution in [1.82, 2.24) is 10.6 Å². The van der Waals surface area contributed by atoms with Crippen LogP contribution >= 0.6 is 12.4 Å². The van der Waals surface area contributed by atoms with Gasteiger partial charge in [0.2, 0.25) is 5.91 Å². The lowest BCUT2D eigenvalue weighted by Crippen LogP contribution is -2.32. The topological polar surface area (TPSA) is 117 Å². The minimum atomic E-state index is -1.50. The number of rotatable bonds is 9. The van der Waals surface area contributed by atoms with Gasteiger partial charge in [-0.2, -0.15) is 0 Å². The summed E-state index contributed by atoms with van der Waals surface area (Å²) in [5, 5.41) is 12.4. The number of carbonyl (C=O) groups is 2. The first-order valence-corrected chi connectivity index (χ1v) is 9.28. The molecule has 2 aromatic rings. The lowest BCUT2D eigenvalue weighted by Gasteiger charge is -2.20. The van der Waals surface area contributed by atoms with E-state index in [-0.39, 0.29) is 49.4 Å². The van der Waals surface area contributed by atoms with Crippen molar-refractivity contribution < 1.29 is 23.1 Å². The van der Waals surface area contributed by atoms with Crippen LogP contribution in [0.3, 0.4) is 0 Å². The molecule has 5 N–H and O–H groups in total. The largest absolute Gasteiger partial charge is 0.384 e. The van der Waals surface area contributed by atoms with Gasteiger partial charge in [0.15, 0.2) is 6.10 Å². The van der Waals surface area contributed by atoms with Crippen molar-refractivity contribution in [3.8, 4) is 0 Å². The van der Waals surface area contributed by atoms with E-state index in [9.17, 15) is 18.4 Å². The van der Waals surface area contributed by atoms with Gasteiger partial charge in [0.1, 0.15) is 17.5 Å². The monoisotopic (exact) mass is 454 g/mol. The molecule has 0 saturated heterocycles. The van der Waals surface area contributed by atoms with E-state index < -0.39 is 29.2 Å². The fourth-order valence-corrected chi connectivity index (χ4v) is 2.75. The second kappa shape index (κ2) is 12.0. The Hall–Kier alpha value is -3.04. The van der Waals surface area contributed by atoms with Crippen LogP contribution < -0.4 is 16.4 Å². The van der Waals surface area contributed by atoms with Crippen molar-refractivity contribution in [3.05, 3.63) is 70.3 Å².